The first kappa shape index (κ1) is 20.8. The summed E-state index contributed by atoms with van der Waals surface area (Å²) in [6.07, 6.45) is 0. The fraction of sp³-hybridized carbons (Fsp3) is 0.300. The fourth-order valence-corrected chi connectivity index (χ4v) is 4.29. The molecule has 1 N–H and O–H groups in total. The average Bonchev–Trinajstić information content (AvgIpc) is 2.62. The van der Waals surface area contributed by atoms with Crippen molar-refractivity contribution in [1.29, 1.82) is 0 Å². The second-order valence-electron chi connectivity index (χ2n) is 6.12. The minimum atomic E-state index is -3.67. The number of carbonyl (C=O) groups is 2. The van der Waals surface area contributed by atoms with E-state index in [1.165, 1.54) is 23.4 Å². The molecule has 0 radical (unpaired) electrons. The second-order valence-corrected chi connectivity index (χ2v) is 8.06. The molecular formula is C20H24N2O4S. The molecule has 0 unspecified atom stereocenters. The van der Waals surface area contributed by atoms with Crippen molar-refractivity contribution in [3.05, 3.63) is 59.2 Å². The zero-order valence-corrected chi connectivity index (χ0v) is 16.8. The van der Waals surface area contributed by atoms with E-state index in [1.54, 1.807) is 51.1 Å². The lowest BCUT2D eigenvalue weighted by Crippen LogP contribution is -2.30. The van der Waals surface area contributed by atoms with E-state index in [9.17, 15) is 18.0 Å². The molecule has 144 valence electrons. The Balaban J connectivity index is 2.42. The minimum Gasteiger partial charge on any atom is -0.321 e. The van der Waals surface area contributed by atoms with Crippen molar-refractivity contribution in [2.75, 3.05) is 18.4 Å². The first-order valence-corrected chi connectivity index (χ1v) is 10.2. The van der Waals surface area contributed by atoms with Crippen LogP contribution in [0.4, 0.5) is 5.69 Å². The number of rotatable bonds is 7. The molecule has 27 heavy (non-hydrogen) atoms. The molecule has 0 fully saturated rings. The monoisotopic (exact) mass is 388 g/mol. The highest BCUT2D eigenvalue weighted by atomic mass is 32.2. The van der Waals surface area contributed by atoms with Crippen LogP contribution in [0.5, 0.6) is 0 Å². The van der Waals surface area contributed by atoms with Crippen molar-refractivity contribution >= 4 is 27.4 Å². The Bertz CT molecular complexity index is 964. The molecule has 0 aliphatic rings. The molecule has 0 atom stereocenters. The number of nitrogens with zero attached hydrogens (tertiary/aromatic N) is 1. The van der Waals surface area contributed by atoms with Crippen LogP contribution in [-0.2, 0) is 10.0 Å². The van der Waals surface area contributed by atoms with Gasteiger partial charge in [0.05, 0.1) is 10.6 Å². The van der Waals surface area contributed by atoms with E-state index in [-0.39, 0.29) is 16.2 Å². The van der Waals surface area contributed by atoms with Crippen LogP contribution in [0.2, 0.25) is 0 Å². The molecule has 2 aromatic carbocycles. The van der Waals surface area contributed by atoms with E-state index >= 15 is 0 Å². The Labute approximate surface area is 160 Å². The quantitative estimate of drug-likeness (QED) is 0.736. The predicted octanol–water partition coefficient (Wildman–Crippen LogP) is 3.48. The van der Waals surface area contributed by atoms with Gasteiger partial charge in [-0.3, -0.25) is 9.59 Å². The Morgan fingerprint density at radius 2 is 1.63 bits per heavy atom. The largest absolute Gasteiger partial charge is 0.321 e. The number of carbonyl (C=O) groups excluding carboxylic acids is 2. The third kappa shape index (κ3) is 4.43. The number of hydrogen-bond donors (Lipinski definition) is 1. The number of aryl methyl sites for hydroxylation is 1. The van der Waals surface area contributed by atoms with E-state index in [0.717, 1.165) is 0 Å². The van der Waals surface area contributed by atoms with E-state index in [0.29, 0.717) is 29.9 Å². The summed E-state index contributed by atoms with van der Waals surface area (Å²) in [4.78, 5) is 24.6. The Kier molecular flexibility index (Phi) is 6.51. The van der Waals surface area contributed by atoms with E-state index in [1.807, 2.05) is 0 Å². The van der Waals surface area contributed by atoms with Gasteiger partial charge in [0.15, 0.2) is 5.78 Å². The van der Waals surface area contributed by atoms with Crippen molar-refractivity contribution in [3.8, 4) is 0 Å². The zero-order chi connectivity index (χ0) is 20.2. The molecule has 0 saturated heterocycles. The summed E-state index contributed by atoms with van der Waals surface area (Å²) in [5, 5.41) is 2.72. The van der Waals surface area contributed by atoms with Crippen molar-refractivity contribution < 1.29 is 18.0 Å². The summed E-state index contributed by atoms with van der Waals surface area (Å²) in [5.41, 5.74) is 1.69. The number of para-hydroxylation sites is 1. The molecule has 2 rings (SSSR count). The minimum absolute atomic E-state index is 0.0711. The van der Waals surface area contributed by atoms with Gasteiger partial charge in [0.25, 0.3) is 5.91 Å². The molecule has 0 aliphatic heterocycles. The maximum atomic E-state index is 12.8. The van der Waals surface area contributed by atoms with Crippen LogP contribution < -0.4 is 5.32 Å². The topological polar surface area (TPSA) is 83.6 Å². The van der Waals surface area contributed by atoms with Gasteiger partial charge >= 0.3 is 0 Å². The molecule has 0 aliphatic carbocycles. The van der Waals surface area contributed by atoms with Crippen LogP contribution in [0.3, 0.4) is 0 Å². The van der Waals surface area contributed by atoms with Gasteiger partial charge < -0.3 is 5.32 Å². The van der Waals surface area contributed by atoms with Gasteiger partial charge in [0.1, 0.15) is 0 Å². The summed E-state index contributed by atoms with van der Waals surface area (Å²) in [5.74, 6) is -0.627. The highest BCUT2D eigenvalue weighted by molar-refractivity contribution is 7.89. The van der Waals surface area contributed by atoms with Crippen molar-refractivity contribution in [1.82, 2.24) is 4.31 Å². The molecule has 0 saturated carbocycles. The molecule has 0 spiro atoms. The lowest BCUT2D eigenvalue weighted by Gasteiger charge is -2.19. The number of nitrogens with one attached hydrogen (secondary N) is 1. The average molecular weight is 388 g/mol. The van der Waals surface area contributed by atoms with Crippen molar-refractivity contribution in [2.45, 2.75) is 32.6 Å². The van der Waals surface area contributed by atoms with Gasteiger partial charge in [-0.05, 0) is 43.7 Å². The summed E-state index contributed by atoms with van der Waals surface area (Å²) >= 11 is 0. The summed E-state index contributed by atoms with van der Waals surface area (Å²) in [6, 6.07) is 11.2. The molecule has 0 bridgehead atoms. The van der Waals surface area contributed by atoms with Gasteiger partial charge in [-0.25, -0.2) is 8.42 Å². The highest BCUT2D eigenvalue weighted by Gasteiger charge is 2.23. The number of benzene rings is 2. The van der Waals surface area contributed by atoms with Gasteiger partial charge in [-0.15, -0.1) is 0 Å². The van der Waals surface area contributed by atoms with E-state index in [4.69, 9.17) is 0 Å². The van der Waals surface area contributed by atoms with E-state index < -0.39 is 15.9 Å². The van der Waals surface area contributed by atoms with Gasteiger partial charge in [0, 0.05) is 24.2 Å². The van der Waals surface area contributed by atoms with Crippen LogP contribution in [-0.4, -0.2) is 37.5 Å². The van der Waals surface area contributed by atoms with Gasteiger partial charge in [-0.2, -0.15) is 4.31 Å². The highest BCUT2D eigenvalue weighted by Crippen LogP contribution is 2.22. The lowest BCUT2D eigenvalue weighted by molar-refractivity contribution is 0.101. The number of Topliss-reactive ketones (excluding diaryl/α,β-unsaturated/α-hetero) is 1. The summed E-state index contributed by atoms with van der Waals surface area (Å²) < 4.78 is 26.8. The fourth-order valence-electron chi connectivity index (χ4n) is 2.81. The standard InChI is InChI=1S/C20H24N2O4S/c1-5-22(6-2)27(25,26)16-12-11-14(3)18(13-16)20(24)21-19-10-8-7-9-17(19)15(4)23/h7-13H,5-6H2,1-4H3,(H,21,24). The third-order valence-corrected chi connectivity index (χ3v) is 6.40. The summed E-state index contributed by atoms with van der Waals surface area (Å²) in [7, 11) is -3.67. The van der Waals surface area contributed by atoms with E-state index in [2.05, 4.69) is 5.32 Å². The van der Waals surface area contributed by atoms with Crippen LogP contribution in [0, 0.1) is 6.92 Å². The number of anilines is 1. The number of sulfonamides is 1. The number of ketones is 1. The predicted molar refractivity (Wildman–Crippen MR) is 106 cm³/mol. The summed E-state index contributed by atoms with van der Waals surface area (Å²) in [6.45, 7) is 7.39. The van der Waals surface area contributed by atoms with Crippen molar-refractivity contribution in [3.63, 3.8) is 0 Å². The van der Waals surface area contributed by atoms with Crippen LogP contribution >= 0.6 is 0 Å². The zero-order valence-electron chi connectivity index (χ0n) is 15.9. The Hall–Kier alpha value is -2.51. The molecule has 0 aromatic heterocycles. The first-order chi connectivity index (χ1) is 12.7. The second kappa shape index (κ2) is 8.45. The first-order valence-electron chi connectivity index (χ1n) is 8.74. The third-order valence-electron chi connectivity index (χ3n) is 4.35. The Morgan fingerprint density at radius 1 is 1.00 bits per heavy atom. The molecule has 1 amide bonds. The lowest BCUT2D eigenvalue weighted by atomic mass is 10.1. The van der Waals surface area contributed by atoms with Crippen LogP contribution in [0.1, 0.15) is 47.1 Å². The maximum absolute atomic E-state index is 12.8. The van der Waals surface area contributed by atoms with Crippen LogP contribution in [0.25, 0.3) is 0 Å². The number of hydrogen-bond acceptors (Lipinski definition) is 4. The molecule has 6 nitrogen and oxygen atoms in total. The van der Waals surface area contributed by atoms with Gasteiger partial charge in [0.2, 0.25) is 10.0 Å². The Morgan fingerprint density at radius 3 is 2.22 bits per heavy atom. The number of amides is 1. The molecule has 2 aromatic rings. The van der Waals surface area contributed by atoms with Crippen LogP contribution in [0.15, 0.2) is 47.4 Å². The van der Waals surface area contributed by atoms with Gasteiger partial charge in [-0.1, -0.05) is 32.0 Å². The molecule has 0 heterocycles. The maximum Gasteiger partial charge on any atom is 0.255 e. The normalized spacial score (nSPS) is 11.4. The molecular weight excluding hydrogens is 364 g/mol. The SMILES string of the molecule is CCN(CC)S(=O)(=O)c1ccc(C)c(C(=O)Nc2ccccc2C(C)=O)c1. The molecule has 7 heteroatoms. The smallest absolute Gasteiger partial charge is 0.255 e. The van der Waals surface area contributed by atoms with Crippen molar-refractivity contribution in [2.24, 2.45) is 0 Å².